The second kappa shape index (κ2) is 7.25. The molecule has 0 unspecified atom stereocenters. The number of rotatable bonds is 4. The molecule has 26 heavy (non-hydrogen) atoms. The molecular weight excluding hydrogens is 326 g/mol. The van der Waals surface area contributed by atoms with E-state index in [0.717, 1.165) is 43.8 Å². The second-order valence-electron chi connectivity index (χ2n) is 6.87. The molecule has 3 aromatic rings. The van der Waals surface area contributed by atoms with Crippen molar-refractivity contribution in [2.24, 2.45) is 0 Å². The van der Waals surface area contributed by atoms with Crippen LogP contribution >= 0.6 is 0 Å². The predicted molar refractivity (Wildman–Crippen MR) is 101 cm³/mol. The van der Waals surface area contributed by atoms with Crippen LogP contribution in [0, 0.1) is 6.92 Å². The largest absolute Gasteiger partial charge is 0.338 e. The Morgan fingerprint density at radius 2 is 1.65 bits per heavy atom. The Bertz CT molecular complexity index is 878. The third kappa shape index (κ3) is 3.75. The smallest absolute Gasteiger partial charge is 0.246 e. The molecule has 0 radical (unpaired) electrons. The molecule has 1 aliphatic rings. The summed E-state index contributed by atoms with van der Waals surface area (Å²) in [6.07, 6.45) is 0. The average molecular weight is 349 g/mol. The third-order valence-electron chi connectivity index (χ3n) is 4.82. The van der Waals surface area contributed by atoms with Gasteiger partial charge >= 0.3 is 0 Å². The van der Waals surface area contributed by atoms with Gasteiger partial charge in [-0.1, -0.05) is 42.0 Å². The zero-order valence-corrected chi connectivity index (χ0v) is 15.0. The van der Waals surface area contributed by atoms with Crippen LogP contribution in [0.1, 0.15) is 11.1 Å². The number of benzene rings is 2. The van der Waals surface area contributed by atoms with Gasteiger partial charge in [-0.05, 0) is 24.6 Å². The summed E-state index contributed by atoms with van der Waals surface area (Å²) in [5.41, 5.74) is 4.26. The van der Waals surface area contributed by atoms with Crippen molar-refractivity contribution in [2.75, 3.05) is 26.2 Å². The van der Waals surface area contributed by atoms with E-state index in [4.69, 9.17) is 0 Å². The van der Waals surface area contributed by atoms with Crippen molar-refractivity contribution < 1.29 is 4.79 Å². The van der Waals surface area contributed by atoms with E-state index in [1.54, 1.807) is 0 Å². The SMILES string of the molecule is Cc1cccc(CN2CCN(C(=O)Cn3nc4ccccc4n3)CC2)c1. The van der Waals surface area contributed by atoms with Crippen molar-refractivity contribution in [3.05, 3.63) is 59.7 Å². The van der Waals surface area contributed by atoms with Gasteiger partial charge in [-0.3, -0.25) is 9.69 Å². The Labute approximate surface area is 153 Å². The number of amides is 1. The van der Waals surface area contributed by atoms with Crippen molar-refractivity contribution in [2.45, 2.75) is 20.0 Å². The minimum Gasteiger partial charge on any atom is -0.338 e. The molecule has 0 spiro atoms. The van der Waals surface area contributed by atoms with Crippen LogP contribution in [0.25, 0.3) is 11.0 Å². The van der Waals surface area contributed by atoms with Crippen LogP contribution in [0.5, 0.6) is 0 Å². The zero-order chi connectivity index (χ0) is 17.9. The van der Waals surface area contributed by atoms with Gasteiger partial charge in [0.25, 0.3) is 0 Å². The average Bonchev–Trinajstić information content (AvgIpc) is 3.04. The van der Waals surface area contributed by atoms with Crippen LogP contribution in [0.4, 0.5) is 0 Å². The molecule has 0 bridgehead atoms. The Hall–Kier alpha value is -2.73. The van der Waals surface area contributed by atoms with E-state index < -0.39 is 0 Å². The molecule has 134 valence electrons. The third-order valence-corrected chi connectivity index (χ3v) is 4.82. The van der Waals surface area contributed by atoms with Gasteiger partial charge in [-0.25, -0.2) is 0 Å². The summed E-state index contributed by atoms with van der Waals surface area (Å²) in [7, 11) is 0. The molecule has 0 aliphatic carbocycles. The summed E-state index contributed by atoms with van der Waals surface area (Å²) in [5, 5.41) is 8.75. The quantitative estimate of drug-likeness (QED) is 0.724. The molecule has 1 fully saturated rings. The summed E-state index contributed by atoms with van der Waals surface area (Å²) in [6.45, 7) is 6.56. The monoisotopic (exact) mass is 349 g/mol. The fraction of sp³-hybridized carbons (Fsp3) is 0.350. The Balaban J connectivity index is 1.31. The first-order chi connectivity index (χ1) is 12.7. The lowest BCUT2D eigenvalue weighted by Crippen LogP contribution is -2.49. The highest BCUT2D eigenvalue weighted by Crippen LogP contribution is 2.11. The number of carbonyl (C=O) groups excluding carboxylic acids is 1. The van der Waals surface area contributed by atoms with E-state index in [1.807, 2.05) is 29.2 Å². The first kappa shape index (κ1) is 16.7. The standard InChI is InChI=1S/C20H23N5O/c1-16-5-4-6-17(13-16)14-23-9-11-24(12-10-23)20(26)15-25-21-18-7-2-3-8-19(18)22-25/h2-8,13H,9-12,14-15H2,1H3. The molecule has 0 N–H and O–H groups in total. The lowest BCUT2D eigenvalue weighted by Gasteiger charge is -2.34. The molecule has 0 saturated carbocycles. The second-order valence-corrected chi connectivity index (χ2v) is 6.87. The highest BCUT2D eigenvalue weighted by Gasteiger charge is 2.22. The molecule has 6 heteroatoms. The summed E-state index contributed by atoms with van der Waals surface area (Å²) in [6, 6.07) is 16.3. The number of aromatic nitrogens is 3. The van der Waals surface area contributed by atoms with Crippen molar-refractivity contribution >= 4 is 16.9 Å². The first-order valence-corrected chi connectivity index (χ1v) is 9.03. The highest BCUT2D eigenvalue weighted by molar-refractivity contribution is 5.77. The Morgan fingerprint density at radius 1 is 0.962 bits per heavy atom. The molecule has 6 nitrogen and oxygen atoms in total. The summed E-state index contributed by atoms with van der Waals surface area (Å²) < 4.78 is 0. The van der Waals surface area contributed by atoms with Gasteiger partial charge in [-0.2, -0.15) is 15.0 Å². The molecule has 1 amide bonds. The van der Waals surface area contributed by atoms with E-state index in [-0.39, 0.29) is 12.5 Å². The molecule has 1 aromatic heterocycles. The summed E-state index contributed by atoms with van der Waals surface area (Å²) in [5.74, 6) is 0.0838. The van der Waals surface area contributed by atoms with Gasteiger partial charge in [0, 0.05) is 32.7 Å². The van der Waals surface area contributed by atoms with Crippen molar-refractivity contribution in [1.82, 2.24) is 24.8 Å². The van der Waals surface area contributed by atoms with Crippen LogP contribution in [0.15, 0.2) is 48.5 Å². The highest BCUT2D eigenvalue weighted by atomic mass is 16.2. The maximum Gasteiger partial charge on any atom is 0.246 e. The van der Waals surface area contributed by atoms with Gasteiger partial charge in [0.15, 0.2) is 0 Å². The van der Waals surface area contributed by atoms with Crippen LogP contribution < -0.4 is 0 Å². The lowest BCUT2D eigenvalue weighted by molar-refractivity contribution is -0.134. The van der Waals surface area contributed by atoms with Crippen molar-refractivity contribution in [3.63, 3.8) is 0 Å². The molecule has 2 heterocycles. The minimum atomic E-state index is 0.0838. The van der Waals surface area contributed by atoms with Gasteiger partial charge in [0.2, 0.25) is 5.91 Å². The maximum atomic E-state index is 12.6. The van der Waals surface area contributed by atoms with Gasteiger partial charge in [0.05, 0.1) is 0 Å². The fourth-order valence-electron chi connectivity index (χ4n) is 3.42. The number of nitrogens with zero attached hydrogens (tertiary/aromatic N) is 5. The number of hydrogen-bond donors (Lipinski definition) is 0. The zero-order valence-electron chi connectivity index (χ0n) is 15.0. The van der Waals surface area contributed by atoms with E-state index in [2.05, 4.69) is 46.3 Å². The van der Waals surface area contributed by atoms with Gasteiger partial charge in [0.1, 0.15) is 17.6 Å². The molecule has 1 saturated heterocycles. The summed E-state index contributed by atoms with van der Waals surface area (Å²) in [4.78, 5) is 18.4. The van der Waals surface area contributed by atoms with Crippen LogP contribution in [-0.4, -0.2) is 56.9 Å². The normalized spacial score (nSPS) is 15.5. The fourth-order valence-corrected chi connectivity index (χ4v) is 3.42. The number of hydrogen-bond acceptors (Lipinski definition) is 4. The van der Waals surface area contributed by atoms with Crippen molar-refractivity contribution in [3.8, 4) is 0 Å². The Kier molecular flexibility index (Phi) is 4.67. The number of carbonyl (C=O) groups is 1. The molecule has 4 rings (SSSR count). The molecule has 1 aliphatic heterocycles. The lowest BCUT2D eigenvalue weighted by atomic mass is 10.1. The molecule has 2 aromatic carbocycles. The first-order valence-electron chi connectivity index (χ1n) is 9.03. The number of fused-ring (bicyclic) bond motifs is 1. The van der Waals surface area contributed by atoms with E-state index >= 15 is 0 Å². The topological polar surface area (TPSA) is 54.3 Å². The number of piperazine rings is 1. The maximum absolute atomic E-state index is 12.6. The predicted octanol–water partition coefficient (Wildman–Crippen LogP) is 2.08. The van der Waals surface area contributed by atoms with Gasteiger partial charge in [-0.15, -0.1) is 0 Å². The Morgan fingerprint density at radius 3 is 2.31 bits per heavy atom. The van der Waals surface area contributed by atoms with Crippen LogP contribution in [-0.2, 0) is 17.9 Å². The van der Waals surface area contributed by atoms with Gasteiger partial charge < -0.3 is 4.90 Å². The van der Waals surface area contributed by atoms with E-state index in [1.165, 1.54) is 15.9 Å². The summed E-state index contributed by atoms with van der Waals surface area (Å²) >= 11 is 0. The minimum absolute atomic E-state index is 0.0838. The van der Waals surface area contributed by atoms with Crippen LogP contribution in [0.2, 0.25) is 0 Å². The molecular formula is C20H23N5O. The van der Waals surface area contributed by atoms with Crippen molar-refractivity contribution in [1.29, 1.82) is 0 Å². The molecule has 0 atom stereocenters. The van der Waals surface area contributed by atoms with E-state index in [9.17, 15) is 4.79 Å². The van der Waals surface area contributed by atoms with Crippen LogP contribution in [0.3, 0.4) is 0 Å². The number of aryl methyl sites for hydroxylation is 1. The van der Waals surface area contributed by atoms with E-state index in [0.29, 0.717) is 0 Å².